The fourth-order valence-electron chi connectivity index (χ4n) is 1.99. The molecule has 1 N–H and O–H groups in total. The smallest absolute Gasteiger partial charge is 0.237 e. The number of piperidine rings is 1. The molecule has 1 saturated heterocycles. The third-order valence-electron chi connectivity index (χ3n) is 2.82. The summed E-state index contributed by atoms with van der Waals surface area (Å²) in [6, 6.07) is 0. The number of likely N-dealkylation sites (tertiary alicyclic amines) is 1. The lowest BCUT2D eigenvalue weighted by molar-refractivity contribution is -0.132. The summed E-state index contributed by atoms with van der Waals surface area (Å²) in [6.07, 6.45) is 2.47. The molecule has 1 amide bonds. The quantitative estimate of drug-likeness (QED) is 0.726. The van der Waals surface area contributed by atoms with E-state index in [1.165, 1.54) is 0 Å². The van der Waals surface area contributed by atoms with Crippen LogP contribution in [-0.2, 0) is 4.79 Å². The molecular weight excluding hydrogens is 202 g/mol. The van der Waals surface area contributed by atoms with E-state index in [1.54, 1.807) is 4.90 Å². The minimum atomic E-state index is -0.241. The number of hydrogen-bond acceptors (Lipinski definition) is 2. The number of carbonyl (C=O) groups excluding carboxylic acids is 1. The molecule has 0 aromatic rings. The Hall–Kier alpha value is -0.280. The number of aliphatic hydroxyl groups excluding tert-OH is 1. The topological polar surface area (TPSA) is 40.5 Å². The van der Waals surface area contributed by atoms with Crippen molar-refractivity contribution >= 4 is 17.5 Å². The molecule has 0 aliphatic carbocycles. The van der Waals surface area contributed by atoms with E-state index in [9.17, 15) is 9.90 Å². The number of hydrogen-bond donors (Lipinski definition) is 1. The van der Waals surface area contributed by atoms with Crippen molar-refractivity contribution in [3.63, 3.8) is 0 Å². The Morgan fingerprint density at radius 3 is 2.93 bits per heavy atom. The number of nitrogens with zero attached hydrogens (tertiary/aromatic N) is 1. The van der Waals surface area contributed by atoms with E-state index in [2.05, 4.69) is 6.92 Å². The molecule has 1 rings (SSSR count). The summed E-state index contributed by atoms with van der Waals surface area (Å²) in [5.41, 5.74) is 0. The molecular formula is C10H18ClNO2. The van der Waals surface area contributed by atoms with Gasteiger partial charge in [-0.05, 0) is 12.8 Å². The maximum atomic E-state index is 11.3. The molecule has 1 heterocycles. The first-order valence-corrected chi connectivity index (χ1v) is 5.74. The zero-order chi connectivity index (χ0) is 10.6. The van der Waals surface area contributed by atoms with Gasteiger partial charge in [0.2, 0.25) is 5.91 Å². The molecule has 0 unspecified atom stereocenters. The Labute approximate surface area is 90.0 Å². The lowest BCUT2D eigenvalue weighted by Crippen LogP contribution is -2.46. The molecule has 14 heavy (non-hydrogen) atoms. The second-order valence-corrected chi connectivity index (χ2v) is 4.15. The molecule has 0 aromatic carbocycles. The van der Waals surface area contributed by atoms with E-state index >= 15 is 0 Å². The van der Waals surface area contributed by atoms with Crippen LogP contribution in [0.25, 0.3) is 0 Å². The number of alkyl halides is 1. The summed E-state index contributed by atoms with van der Waals surface area (Å²) in [6.45, 7) is 3.41. The van der Waals surface area contributed by atoms with Crippen molar-refractivity contribution in [1.29, 1.82) is 0 Å². The van der Waals surface area contributed by atoms with Crippen molar-refractivity contribution in [2.45, 2.75) is 32.3 Å². The summed E-state index contributed by atoms with van der Waals surface area (Å²) in [5, 5.41) is 9.70. The molecule has 1 aliphatic rings. The van der Waals surface area contributed by atoms with Gasteiger partial charge in [-0.1, -0.05) is 13.3 Å². The molecule has 0 radical (unpaired) electrons. The predicted octanol–water partition coefficient (Wildman–Crippen LogP) is 1.23. The number of carbonyl (C=O) groups is 1. The normalized spacial score (nSPS) is 27.8. The first-order chi connectivity index (χ1) is 6.69. The fraction of sp³-hybridized carbons (Fsp3) is 0.900. The van der Waals surface area contributed by atoms with Gasteiger partial charge in [-0.25, -0.2) is 0 Å². The zero-order valence-corrected chi connectivity index (χ0v) is 9.33. The van der Waals surface area contributed by atoms with Crippen LogP contribution in [0.2, 0.25) is 0 Å². The van der Waals surface area contributed by atoms with Crippen molar-refractivity contribution < 1.29 is 9.90 Å². The lowest BCUT2D eigenvalue weighted by Gasteiger charge is -2.35. The van der Waals surface area contributed by atoms with Crippen molar-refractivity contribution in [2.75, 3.05) is 19.0 Å². The van der Waals surface area contributed by atoms with Gasteiger partial charge in [-0.15, -0.1) is 11.6 Å². The van der Waals surface area contributed by atoms with Gasteiger partial charge in [0.25, 0.3) is 0 Å². The minimum Gasteiger partial charge on any atom is -0.393 e. The molecule has 0 spiro atoms. The molecule has 1 fully saturated rings. The Morgan fingerprint density at radius 1 is 1.64 bits per heavy atom. The van der Waals surface area contributed by atoms with E-state index in [-0.39, 0.29) is 23.8 Å². The third kappa shape index (κ3) is 2.85. The average Bonchev–Trinajstić information content (AvgIpc) is 2.20. The van der Waals surface area contributed by atoms with Crippen LogP contribution in [-0.4, -0.2) is 41.0 Å². The largest absolute Gasteiger partial charge is 0.393 e. The summed E-state index contributed by atoms with van der Waals surface area (Å²) >= 11 is 5.49. The van der Waals surface area contributed by atoms with Gasteiger partial charge in [-0.3, -0.25) is 4.79 Å². The van der Waals surface area contributed by atoms with Gasteiger partial charge >= 0.3 is 0 Å². The minimum absolute atomic E-state index is 0.0142. The standard InChI is InChI=1S/C10H18ClNO2/c1-2-3-8-7-12(10(14)6-11)5-4-9(8)13/h8-9,13H,2-7H2,1H3/t8-,9+/m1/s1. The maximum absolute atomic E-state index is 11.3. The first kappa shape index (κ1) is 11.8. The molecule has 0 aromatic heterocycles. The van der Waals surface area contributed by atoms with Gasteiger partial charge in [0, 0.05) is 19.0 Å². The van der Waals surface area contributed by atoms with Crippen LogP contribution in [0.5, 0.6) is 0 Å². The summed E-state index contributed by atoms with van der Waals surface area (Å²) in [5.74, 6) is 0.273. The monoisotopic (exact) mass is 219 g/mol. The number of halogens is 1. The van der Waals surface area contributed by atoms with Gasteiger partial charge in [0.1, 0.15) is 5.88 Å². The molecule has 3 nitrogen and oxygen atoms in total. The van der Waals surface area contributed by atoms with Crippen LogP contribution in [0.3, 0.4) is 0 Å². The molecule has 4 heteroatoms. The Morgan fingerprint density at radius 2 is 2.36 bits per heavy atom. The summed E-state index contributed by atoms with van der Waals surface area (Å²) in [7, 11) is 0. The molecule has 0 bridgehead atoms. The molecule has 1 aliphatic heterocycles. The van der Waals surface area contributed by atoms with Crippen LogP contribution in [0.4, 0.5) is 0 Å². The maximum Gasteiger partial charge on any atom is 0.237 e. The lowest BCUT2D eigenvalue weighted by atomic mass is 9.91. The van der Waals surface area contributed by atoms with Gasteiger partial charge in [0.15, 0.2) is 0 Å². The number of amides is 1. The highest BCUT2D eigenvalue weighted by Gasteiger charge is 2.28. The number of aliphatic hydroxyl groups is 1. The third-order valence-corrected chi connectivity index (χ3v) is 3.05. The average molecular weight is 220 g/mol. The summed E-state index contributed by atoms with van der Waals surface area (Å²) < 4.78 is 0. The summed E-state index contributed by atoms with van der Waals surface area (Å²) in [4.78, 5) is 13.1. The van der Waals surface area contributed by atoms with Crippen molar-refractivity contribution in [2.24, 2.45) is 5.92 Å². The fourth-order valence-corrected chi connectivity index (χ4v) is 2.15. The highest BCUT2D eigenvalue weighted by molar-refractivity contribution is 6.27. The van der Waals surface area contributed by atoms with Crippen molar-refractivity contribution in [3.8, 4) is 0 Å². The first-order valence-electron chi connectivity index (χ1n) is 5.20. The van der Waals surface area contributed by atoms with E-state index < -0.39 is 0 Å². The SMILES string of the molecule is CCC[C@@H]1CN(C(=O)CCl)CC[C@@H]1O. The highest BCUT2D eigenvalue weighted by Crippen LogP contribution is 2.21. The van der Waals surface area contributed by atoms with Crippen LogP contribution < -0.4 is 0 Å². The van der Waals surface area contributed by atoms with Crippen molar-refractivity contribution in [3.05, 3.63) is 0 Å². The van der Waals surface area contributed by atoms with E-state index in [1.807, 2.05) is 0 Å². The Balaban J connectivity index is 2.48. The second-order valence-electron chi connectivity index (χ2n) is 3.88. The van der Waals surface area contributed by atoms with Crippen LogP contribution in [0.15, 0.2) is 0 Å². The van der Waals surface area contributed by atoms with Crippen LogP contribution in [0, 0.1) is 5.92 Å². The van der Waals surface area contributed by atoms with E-state index in [0.29, 0.717) is 19.5 Å². The van der Waals surface area contributed by atoms with Gasteiger partial charge in [-0.2, -0.15) is 0 Å². The van der Waals surface area contributed by atoms with E-state index in [0.717, 1.165) is 12.8 Å². The van der Waals surface area contributed by atoms with E-state index in [4.69, 9.17) is 11.6 Å². The molecule has 2 atom stereocenters. The van der Waals surface area contributed by atoms with Gasteiger partial charge in [0.05, 0.1) is 6.10 Å². The van der Waals surface area contributed by atoms with Crippen molar-refractivity contribution in [1.82, 2.24) is 4.90 Å². The van der Waals surface area contributed by atoms with Crippen LogP contribution in [0.1, 0.15) is 26.2 Å². The Bertz CT molecular complexity index is 199. The predicted molar refractivity (Wildman–Crippen MR) is 56.3 cm³/mol. The second kappa shape index (κ2) is 5.56. The molecule has 82 valence electrons. The Kier molecular flexibility index (Phi) is 4.69. The zero-order valence-electron chi connectivity index (χ0n) is 8.58. The van der Waals surface area contributed by atoms with Gasteiger partial charge < -0.3 is 10.0 Å². The highest BCUT2D eigenvalue weighted by atomic mass is 35.5. The number of rotatable bonds is 3. The molecule has 0 saturated carbocycles. The van der Waals surface area contributed by atoms with Crippen LogP contribution >= 0.6 is 11.6 Å².